The Balaban J connectivity index is 0.000000794. The van der Waals surface area contributed by atoms with E-state index in [9.17, 15) is 27.5 Å². The molecule has 1 aromatic heterocycles. The van der Waals surface area contributed by atoms with Crippen molar-refractivity contribution in [1.82, 2.24) is 9.97 Å². The second-order valence-electron chi connectivity index (χ2n) is 8.37. The second-order valence-corrected chi connectivity index (χ2v) is 8.37. The van der Waals surface area contributed by atoms with Gasteiger partial charge in [0, 0.05) is 55.4 Å². The first kappa shape index (κ1) is 30.9. The Morgan fingerprint density at radius 2 is 1.73 bits per heavy atom. The Kier molecular flexibility index (Phi) is 12.7. The number of allylic oxidation sites excluding steroid dienone is 2. The van der Waals surface area contributed by atoms with Gasteiger partial charge in [0.25, 0.3) is 0 Å². The normalized spacial score (nSPS) is 11.8. The van der Waals surface area contributed by atoms with Crippen LogP contribution in [-0.4, -0.2) is 20.9 Å². The molecular weight excluding hydrogens is 616 g/mol. The summed E-state index contributed by atoms with van der Waals surface area (Å²) in [6.07, 6.45) is 3.71. The summed E-state index contributed by atoms with van der Waals surface area (Å²) in [5, 5.41) is 9.20. The summed E-state index contributed by atoms with van der Waals surface area (Å²) >= 11 is 0. The fourth-order valence-corrected chi connectivity index (χ4v) is 2.43. The van der Waals surface area contributed by atoms with E-state index in [1.807, 2.05) is 20.8 Å². The zero-order chi connectivity index (χ0) is 24.5. The molecule has 9 heteroatoms. The Bertz CT molecular complexity index is 922. The quantitative estimate of drug-likeness (QED) is 0.122. The monoisotopic (exact) mass is 646 g/mol. The summed E-state index contributed by atoms with van der Waals surface area (Å²) < 4.78 is 51.3. The average Bonchev–Trinajstić information content (AvgIpc) is 2.67. The van der Waals surface area contributed by atoms with E-state index in [4.69, 9.17) is 0 Å². The molecule has 33 heavy (non-hydrogen) atoms. The van der Waals surface area contributed by atoms with Crippen molar-refractivity contribution in [3.05, 3.63) is 59.4 Å². The summed E-state index contributed by atoms with van der Waals surface area (Å²) in [6, 6.07) is 3.78. The topological polar surface area (TPSA) is 63.1 Å². The zero-order valence-electron chi connectivity index (χ0n) is 19.3. The van der Waals surface area contributed by atoms with Crippen LogP contribution in [-0.2, 0) is 37.5 Å². The number of halogens is 4. The fraction of sp³-hybridized carbons (Fsp3) is 0.458. The van der Waals surface area contributed by atoms with Gasteiger partial charge in [0.05, 0.1) is 5.82 Å². The minimum absolute atomic E-state index is 0. The number of unbranched alkanes of at least 4 members (excludes halogenated alkanes) is 2. The average molecular weight is 646 g/mol. The first-order valence-electron chi connectivity index (χ1n) is 10.3. The molecule has 0 saturated carbocycles. The summed E-state index contributed by atoms with van der Waals surface area (Å²) in [5.74, 6) is -1.23. The first-order chi connectivity index (χ1) is 14.8. The van der Waals surface area contributed by atoms with Gasteiger partial charge in [0.15, 0.2) is 5.78 Å². The van der Waals surface area contributed by atoms with Gasteiger partial charge >= 0.3 is 6.18 Å². The van der Waals surface area contributed by atoms with Gasteiger partial charge in [-0.25, -0.2) is 0 Å². The minimum atomic E-state index is -4.76. The van der Waals surface area contributed by atoms with Crippen LogP contribution in [0.2, 0.25) is 0 Å². The number of hydrogen-bond donors (Lipinski definition) is 1. The summed E-state index contributed by atoms with van der Waals surface area (Å²) in [5.41, 5.74) is -0.702. The van der Waals surface area contributed by atoms with Gasteiger partial charge in [-0.2, -0.15) is 13.2 Å². The number of carbonyl (C=O) groups is 1. The molecule has 1 N–H and O–H groups in total. The maximum atomic E-state index is 13.2. The van der Waals surface area contributed by atoms with Gasteiger partial charge in [0.2, 0.25) is 0 Å². The van der Waals surface area contributed by atoms with E-state index in [0.717, 1.165) is 31.2 Å². The van der Waals surface area contributed by atoms with Gasteiger partial charge in [-0.3, -0.25) is 19.2 Å². The number of alkyl halides is 3. The molecule has 0 bridgehead atoms. The maximum absolute atomic E-state index is 13.2. The van der Waals surface area contributed by atoms with E-state index >= 15 is 0 Å². The van der Waals surface area contributed by atoms with E-state index in [2.05, 4.69) is 23.0 Å². The van der Waals surface area contributed by atoms with Crippen LogP contribution >= 0.6 is 0 Å². The number of aryl methyl sites for hydroxylation is 1. The summed E-state index contributed by atoms with van der Waals surface area (Å²) in [7, 11) is 0. The molecule has 0 aliphatic carbocycles. The molecule has 4 nitrogen and oxygen atoms in total. The standard InChI is InChI=1S/C16H15F4N2.C8H14O2.Ir/c1-2-3-4-5-11-9-21-15(22-10-11)12-6-7-14(17)13(8-12)16(18,19)20;1-6(9)5-7(10)8(2,3)4;/h7-10H,2-5H2,1H3;5,10H,1-4H3;/q-1;;. The summed E-state index contributed by atoms with van der Waals surface area (Å²) in [6.45, 7) is 9.06. The van der Waals surface area contributed by atoms with E-state index < -0.39 is 17.6 Å². The largest absolute Gasteiger partial charge is 0.512 e. The number of ketones is 1. The van der Waals surface area contributed by atoms with Crippen molar-refractivity contribution in [2.24, 2.45) is 5.41 Å². The Morgan fingerprint density at radius 1 is 1.15 bits per heavy atom. The third kappa shape index (κ3) is 11.0. The van der Waals surface area contributed by atoms with Crippen LogP contribution in [0.25, 0.3) is 11.4 Å². The fourth-order valence-electron chi connectivity index (χ4n) is 2.43. The first-order valence-corrected chi connectivity index (χ1v) is 10.3. The number of carbonyl (C=O) groups excluding carboxylic acids is 1. The molecule has 0 spiro atoms. The molecule has 1 aromatic carbocycles. The maximum Gasteiger partial charge on any atom is 0.402 e. The van der Waals surface area contributed by atoms with Crippen LogP contribution < -0.4 is 0 Å². The van der Waals surface area contributed by atoms with Gasteiger partial charge in [-0.1, -0.05) is 40.5 Å². The number of nitrogens with zero attached hydrogens (tertiary/aromatic N) is 2. The van der Waals surface area contributed by atoms with Crippen LogP contribution in [0.5, 0.6) is 0 Å². The third-order valence-corrected chi connectivity index (χ3v) is 4.33. The zero-order valence-corrected chi connectivity index (χ0v) is 21.7. The van der Waals surface area contributed by atoms with E-state index in [-0.39, 0.29) is 48.5 Å². The molecule has 2 aromatic rings. The Hall–Kier alpha value is -2.12. The van der Waals surface area contributed by atoms with E-state index in [1.54, 1.807) is 12.4 Å². The molecule has 1 radical (unpaired) electrons. The molecule has 1 heterocycles. The van der Waals surface area contributed by atoms with Crippen molar-refractivity contribution in [3.8, 4) is 11.4 Å². The molecule has 0 amide bonds. The summed E-state index contributed by atoms with van der Waals surface area (Å²) in [4.78, 5) is 18.6. The van der Waals surface area contributed by atoms with Gasteiger partial charge in [0.1, 0.15) is 5.76 Å². The van der Waals surface area contributed by atoms with Crippen LogP contribution in [0.4, 0.5) is 17.6 Å². The molecule has 185 valence electrons. The Labute approximate surface area is 205 Å². The molecule has 0 atom stereocenters. The van der Waals surface area contributed by atoms with Gasteiger partial charge in [-0.05, 0) is 25.3 Å². The minimum Gasteiger partial charge on any atom is -0.512 e. The predicted molar refractivity (Wildman–Crippen MR) is 115 cm³/mol. The smallest absolute Gasteiger partial charge is 0.402 e. The van der Waals surface area contributed by atoms with Gasteiger partial charge < -0.3 is 5.11 Å². The molecule has 0 aliphatic rings. The number of rotatable bonds is 6. The van der Waals surface area contributed by atoms with Crippen molar-refractivity contribution in [1.29, 1.82) is 0 Å². The number of benzene rings is 1. The SMILES string of the molecule is CC(=O)C=C(O)C(C)(C)C.CCCCCc1cnc(-c2[c-]cc(F)c(C(F)(F)F)c2)nc1.[Ir]. The predicted octanol–water partition coefficient (Wildman–Crippen LogP) is 6.90. The third-order valence-electron chi connectivity index (χ3n) is 4.33. The van der Waals surface area contributed by atoms with Crippen LogP contribution in [0.15, 0.2) is 36.4 Å². The molecule has 0 saturated heterocycles. The number of hydrogen-bond acceptors (Lipinski definition) is 4. The van der Waals surface area contributed by atoms with Crippen molar-refractivity contribution in [2.75, 3.05) is 0 Å². The van der Waals surface area contributed by atoms with Crippen molar-refractivity contribution in [2.45, 2.75) is 66.5 Å². The van der Waals surface area contributed by atoms with Crippen LogP contribution in [0, 0.1) is 17.3 Å². The van der Waals surface area contributed by atoms with Gasteiger partial charge in [-0.15, -0.1) is 23.8 Å². The molecule has 2 rings (SSSR count). The molecule has 0 fully saturated rings. The van der Waals surface area contributed by atoms with Crippen LogP contribution in [0.3, 0.4) is 0 Å². The van der Waals surface area contributed by atoms with E-state index in [0.29, 0.717) is 12.1 Å². The van der Waals surface area contributed by atoms with Crippen molar-refractivity contribution in [3.63, 3.8) is 0 Å². The molecule has 0 unspecified atom stereocenters. The van der Waals surface area contributed by atoms with Crippen LogP contribution in [0.1, 0.15) is 65.0 Å². The van der Waals surface area contributed by atoms with E-state index in [1.165, 1.54) is 13.0 Å². The second kappa shape index (κ2) is 13.6. The Morgan fingerprint density at radius 3 is 2.15 bits per heavy atom. The number of aromatic nitrogens is 2. The van der Waals surface area contributed by atoms with Crippen molar-refractivity contribution >= 4 is 5.78 Å². The number of aliphatic hydroxyl groups excluding tert-OH is 1. The number of aliphatic hydroxyl groups is 1. The van der Waals surface area contributed by atoms with Crippen molar-refractivity contribution < 1.29 is 47.6 Å². The molecular formula is C24H29F4IrN2O2-. The molecule has 0 aliphatic heterocycles.